The zero-order chi connectivity index (χ0) is 9.14. The number of benzene rings is 1. The monoisotopic (exact) mass is 186 g/mol. The normalized spacial score (nSPS) is 9.58. The second kappa shape index (κ2) is 3.58. The average Bonchev–Trinajstić information content (AvgIpc) is 1.96. The van der Waals surface area contributed by atoms with Gasteiger partial charge in [0.2, 0.25) is 0 Å². The number of esters is 1. The van der Waals surface area contributed by atoms with E-state index in [-0.39, 0.29) is 5.75 Å². The Morgan fingerprint density at radius 2 is 2.25 bits per heavy atom. The topological polar surface area (TPSA) is 26.3 Å². The Balaban J connectivity index is 2.97. The van der Waals surface area contributed by atoms with E-state index in [9.17, 15) is 9.18 Å². The summed E-state index contributed by atoms with van der Waals surface area (Å²) < 4.78 is 17.2. The molecular weight excluding hydrogens is 179 g/mol. The molecule has 0 atom stereocenters. The van der Waals surface area contributed by atoms with Crippen molar-refractivity contribution in [1.29, 1.82) is 0 Å². The molecule has 12 heavy (non-hydrogen) atoms. The molecule has 0 spiro atoms. The maximum Gasteiger partial charge on any atom is 0.308 e. The van der Waals surface area contributed by atoms with Crippen LogP contribution in [0.2, 0.25) is 0 Å². The fraction of sp³-hybridized carbons (Fsp3) is 0.125. The molecule has 4 heteroatoms. The number of hydrogen-bond donors (Lipinski definition) is 1. The summed E-state index contributed by atoms with van der Waals surface area (Å²) in [6, 6.07) is 3.79. The maximum absolute atomic E-state index is 12.6. The van der Waals surface area contributed by atoms with Crippen molar-refractivity contribution in [3.8, 4) is 5.75 Å². The van der Waals surface area contributed by atoms with Gasteiger partial charge in [0.1, 0.15) is 11.6 Å². The van der Waals surface area contributed by atoms with E-state index in [2.05, 4.69) is 17.4 Å². The van der Waals surface area contributed by atoms with Crippen LogP contribution in [0.3, 0.4) is 0 Å². The number of halogens is 1. The van der Waals surface area contributed by atoms with Gasteiger partial charge in [-0.05, 0) is 12.1 Å². The van der Waals surface area contributed by atoms with Crippen LogP contribution in [0.4, 0.5) is 4.39 Å². The molecule has 0 N–H and O–H groups in total. The molecule has 0 heterocycles. The SMILES string of the molecule is CC(=O)Oc1cc(F)ccc1S. The molecule has 0 bridgehead atoms. The van der Waals surface area contributed by atoms with E-state index >= 15 is 0 Å². The highest BCUT2D eigenvalue weighted by Gasteiger charge is 2.03. The number of carbonyl (C=O) groups excluding carboxylic acids is 1. The lowest BCUT2D eigenvalue weighted by atomic mass is 10.3. The van der Waals surface area contributed by atoms with Gasteiger partial charge in [-0.25, -0.2) is 4.39 Å². The zero-order valence-electron chi connectivity index (χ0n) is 6.37. The minimum absolute atomic E-state index is 0.144. The lowest BCUT2D eigenvalue weighted by Gasteiger charge is -2.03. The van der Waals surface area contributed by atoms with Crippen LogP contribution >= 0.6 is 12.6 Å². The van der Waals surface area contributed by atoms with Crippen molar-refractivity contribution in [3.05, 3.63) is 24.0 Å². The van der Waals surface area contributed by atoms with E-state index < -0.39 is 11.8 Å². The summed E-state index contributed by atoms with van der Waals surface area (Å²) in [4.78, 5) is 10.9. The van der Waals surface area contributed by atoms with Gasteiger partial charge >= 0.3 is 5.97 Å². The Hall–Kier alpha value is -1.03. The number of thiol groups is 1. The summed E-state index contributed by atoms with van der Waals surface area (Å²) in [7, 11) is 0. The third-order valence-corrected chi connectivity index (χ3v) is 1.54. The van der Waals surface area contributed by atoms with Crippen molar-refractivity contribution in [2.24, 2.45) is 0 Å². The quantitative estimate of drug-likeness (QED) is 0.412. The number of rotatable bonds is 1. The van der Waals surface area contributed by atoms with Gasteiger partial charge in [-0.2, -0.15) is 0 Å². The van der Waals surface area contributed by atoms with Crippen LogP contribution in [-0.2, 0) is 4.79 Å². The first kappa shape index (κ1) is 9.06. The van der Waals surface area contributed by atoms with Crippen molar-refractivity contribution in [1.82, 2.24) is 0 Å². The Morgan fingerprint density at radius 3 is 2.83 bits per heavy atom. The largest absolute Gasteiger partial charge is 0.425 e. The van der Waals surface area contributed by atoms with E-state index in [1.54, 1.807) is 0 Å². The Morgan fingerprint density at radius 1 is 1.58 bits per heavy atom. The van der Waals surface area contributed by atoms with Crippen molar-refractivity contribution in [2.75, 3.05) is 0 Å². The predicted octanol–water partition coefficient (Wildman–Crippen LogP) is 2.04. The zero-order valence-corrected chi connectivity index (χ0v) is 7.27. The molecule has 0 fully saturated rings. The predicted molar refractivity (Wildman–Crippen MR) is 45.0 cm³/mol. The molecule has 0 aliphatic carbocycles. The van der Waals surface area contributed by atoms with Gasteiger partial charge in [-0.3, -0.25) is 4.79 Å². The first-order chi connectivity index (χ1) is 5.59. The lowest BCUT2D eigenvalue weighted by Crippen LogP contribution is -2.02. The third kappa shape index (κ3) is 2.23. The summed E-state index contributed by atoms with van der Waals surface area (Å²) in [6.07, 6.45) is 0. The minimum atomic E-state index is -0.490. The molecule has 1 aromatic carbocycles. The van der Waals surface area contributed by atoms with Crippen molar-refractivity contribution in [3.63, 3.8) is 0 Å². The second-order valence-electron chi connectivity index (χ2n) is 2.21. The molecule has 1 aromatic rings. The Labute approximate surface area is 74.8 Å². The third-order valence-electron chi connectivity index (χ3n) is 1.18. The second-order valence-corrected chi connectivity index (χ2v) is 2.69. The molecule has 1 rings (SSSR count). The van der Waals surface area contributed by atoms with Crippen molar-refractivity contribution < 1.29 is 13.9 Å². The van der Waals surface area contributed by atoms with E-state index in [1.807, 2.05) is 0 Å². The van der Waals surface area contributed by atoms with E-state index in [4.69, 9.17) is 0 Å². The average molecular weight is 186 g/mol. The van der Waals surface area contributed by atoms with Crippen LogP contribution < -0.4 is 4.74 Å². The standard InChI is InChI=1S/C8H7FO2S/c1-5(10)11-7-4-6(9)2-3-8(7)12/h2-4,12H,1H3. The summed E-state index contributed by atoms with van der Waals surface area (Å²) in [5, 5.41) is 0. The fourth-order valence-electron chi connectivity index (χ4n) is 0.725. The molecule has 0 saturated heterocycles. The number of carbonyl (C=O) groups is 1. The summed E-state index contributed by atoms with van der Waals surface area (Å²) in [6.45, 7) is 1.25. The van der Waals surface area contributed by atoms with Gasteiger partial charge in [0.15, 0.2) is 0 Å². The summed E-state index contributed by atoms with van der Waals surface area (Å²) in [5.74, 6) is -0.800. The van der Waals surface area contributed by atoms with Gasteiger partial charge in [0.25, 0.3) is 0 Å². The molecular formula is C8H7FO2S. The molecule has 0 aromatic heterocycles. The molecule has 0 amide bonds. The van der Waals surface area contributed by atoms with Crippen LogP contribution in [-0.4, -0.2) is 5.97 Å². The Bertz CT molecular complexity index is 312. The molecule has 0 aliphatic rings. The van der Waals surface area contributed by atoms with Crippen LogP contribution in [0.1, 0.15) is 6.92 Å². The molecule has 0 radical (unpaired) electrons. The highest BCUT2D eigenvalue weighted by Crippen LogP contribution is 2.23. The van der Waals surface area contributed by atoms with Gasteiger partial charge in [0.05, 0.1) is 0 Å². The first-order valence-electron chi connectivity index (χ1n) is 3.26. The molecule has 0 saturated carbocycles. The van der Waals surface area contributed by atoms with E-state index in [0.717, 1.165) is 6.07 Å². The van der Waals surface area contributed by atoms with Gasteiger partial charge < -0.3 is 4.74 Å². The fourth-order valence-corrected chi connectivity index (χ4v) is 0.909. The summed E-state index contributed by atoms with van der Waals surface area (Å²) >= 11 is 3.98. The first-order valence-corrected chi connectivity index (χ1v) is 3.71. The lowest BCUT2D eigenvalue weighted by molar-refractivity contribution is -0.132. The van der Waals surface area contributed by atoms with Crippen LogP contribution in [0.15, 0.2) is 23.1 Å². The van der Waals surface area contributed by atoms with E-state index in [0.29, 0.717) is 4.90 Å². The van der Waals surface area contributed by atoms with Crippen LogP contribution in [0.5, 0.6) is 5.75 Å². The minimum Gasteiger partial charge on any atom is -0.425 e. The maximum atomic E-state index is 12.6. The van der Waals surface area contributed by atoms with Crippen molar-refractivity contribution in [2.45, 2.75) is 11.8 Å². The number of hydrogen-bond acceptors (Lipinski definition) is 3. The highest BCUT2D eigenvalue weighted by atomic mass is 32.1. The van der Waals surface area contributed by atoms with Crippen LogP contribution in [0, 0.1) is 5.82 Å². The molecule has 64 valence electrons. The molecule has 0 aliphatic heterocycles. The summed E-state index contributed by atoms with van der Waals surface area (Å²) in [5.41, 5.74) is 0. The van der Waals surface area contributed by atoms with E-state index in [1.165, 1.54) is 19.1 Å². The molecule has 2 nitrogen and oxygen atoms in total. The highest BCUT2D eigenvalue weighted by molar-refractivity contribution is 7.80. The Kier molecular flexibility index (Phi) is 2.70. The van der Waals surface area contributed by atoms with Gasteiger partial charge in [-0.15, -0.1) is 12.6 Å². The smallest absolute Gasteiger partial charge is 0.308 e. The van der Waals surface area contributed by atoms with Gasteiger partial charge in [-0.1, -0.05) is 0 Å². The number of ether oxygens (including phenoxy) is 1. The van der Waals surface area contributed by atoms with Crippen LogP contribution in [0.25, 0.3) is 0 Å². The van der Waals surface area contributed by atoms with Crippen molar-refractivity contribution >= 4 is 18.6 Å². The van der Waals surface area contributed by atoms with Gasteiger partial charge in [0, 0.05) is 17.9 Å². The molecule has 0 unspecified atom stereocenters.